The van der Waals surface area contributed by atoms with E-state index in [2.05, 4.69) is 28.5 Å². The van der Waals surface area contributed by atoms with Gasteiger partial charge in [-0.05, 0) is 53.2 Å². The number of nitrogens with zero attached hydrogens (tertiary/aromatic N) is 5. The van der Waals surface area contributed by atoms with Crippen LogP contribution < -0.4 is 4.90 Å². The maximum atomic E-state index is 13.0. The van der Waals surface area contributed by atoms with Gasteiger partial charge >= 0.3 is 0 Å². The summed E-state index contributed by atoms with van der Waals surface area (Å²) in [7, 11) is 0. The van der Waals surface area contributed by atoms with Crippen LogP contribution in [0.25, 0.3) is 5.69 Å². The number of tetrazole rings is 1. The number of carbonyl (C=O) groups is 1. The van der Waals surface area contributed by atoms with Gasteiger partial charge in [-0.2, -0.15) is 4.68 Å². The van der Waals surface area contributed by atoms with Gasteiger partial charge in [0.2, 0.25) is 11.1 Å². The van der Waals surface area contributed by atoms with Gasteiger partial charge in [0.05, 0.1) is 17.1 Å². The molecule has 4 rings (SSSR count). The molecular weight excluding hydrogens is 394 g/mol. The van der Waals surface area contributed by atoms with Crippen molar-refractivity contribution >= 4 is 35.1 Å². The number of phenolic OH excluding ortho intramolecular Hbond substituents is 1. The molecule has 9 heteroatoms. The summed E-state index contributed by atoms with van der Waals surface area (Å²) in [6, 6.07) is 14.6. The summed E-state index contributed by atoms with van der Waals surface area (Å²) in [5.41, 5.74) is 1.70. The van der Waals surface area contributed by atoms with Crippen LogP contribution in [-0.2, 0) is 4.79 Å². The van der Waals surface area contributed by atoms with Crippen molar-refractivity contribution in [2.45, 2.75) is 28.6 Å². The first-order valence-electron chi connectivity index (χ1n) is 8.88. The van der Waals surface area contributed by atoms with Crippen molar-refractivity contribution in [3.8, 4) is 11.4 Å². The van der Waals surface area contributed by atoms with Gasteiger partial charge in [-0.1, -0.05) is 30.8 Å². The number of benzene rings is 2. The lowest BCUT2D eigenvalue weighted by Gasteiger charge is -2.22. The molecule has 1 amide bonds. The Morgan fingerprint density at radius 2 is 2.04 bits per heavy atom. The predicted molar refractivity (Wildman–Crippen MR) is 110 cm³/mol. The lowest BCUT2D eigenvalue weighted by Crippen LogP contribution is -2.33. The largest absolute Gasteiger partial charge is 0.508 e. The number of carbonyl (C=O) groups excluding carboxylic acids is 1. The summed E-state index contributed by atoms with van der Waals surface area (Å²) >= 11 is 3.12. The van der Waals surface area contributed by atoms with Crippen molar-refractivity contribution in [1.82, 2.24) is 20.2 Å². The molecule has 1 atom stereocenters. The van der Waals surface area contributed by atoms with Gasteiger partial charge in [-0.15, -0.1) is 16.9 Å². The van der Waals surface area contributed by atoms with Crippen LogP contribution >= 0.6 is 23.5 Å². The molecule has 0 spiro atoms. The van der Waals surface area contributed by atoms with Crippen molar-refractivity contribution in [1.29, 1.82) is 0 Å². The van der Waals surface area contributed by atoms with E-state index in [1.54, 1.807) is 28.9 Å². The van der Waals surface area contributed by atoms with Gasteiger partial charge in [0.25, 0.3) is 0 Å². The molecule has 0 saturated carbocycles. The molecule has 1 N–H and O–H groups in total. The lowest BCUT2D eigenvalue weighted by atomic mass is 10.2. The molecule has 28 heavy (non-hydrogen) atoms. The number of rotatable bonds is 4. The molecule has 0 radical (unpaired) electrons. The van der Waals surface area contributed by atoms with E-state index >= 15 is 0 Å². The van der Waals surface area contributed by atoms with E-state index in [9.17, 15) is 9.90 Å². The fourth-order valence-electron chi connectivity index (χ4n) is 2.97. The highest BCUT2D eigenvalue weighted by atomic mass is 32.2. The van der Waals surface area contributed by atoms with Gasteiger partial charge in [0.1, 0.15) is 5.75 Å². The molecule has 1 aliphatic heterocycles. The lowest BCUT2D eigenvalue weighted by molar-refractivity contribution is -0.116. The number of amides is 1. The summed E-state index contributed by atoms with van der Waals surface area (Å²) in [6.45, 7) is 2.89. The molecule has 7 nitrogen and oxygen atoms in total. The zero-order valence-corrected chi connectivity index (χ0v) is 16.9. The van der Waals surface area contributed by atoms with E-state index in [4.69, 9.17) is 0 Å². The molecule has 0 unspecified atom stereocenters. The monoisotopic (exact) mass is 413 g/mol. The number of aromatic hydroxyl groups is 1. The molecule has 0 aliphatic carbocycles. The van der Waals surface area contributed by atoms with Crippen LogP contribution in [0.2, 0.25) is 0 Å². The van der Waals surface area contributed by atoms with E-state index in [-0.39, 0.29) is 17.4 Å². The Morgan fingerprint density at radius 1 is 1.25 bits per heavy atom. The summed E-state index contributed by atoms with van der Waals surface area (Å²) in [5.74, 6) is 0.451. The SMILES string of the molecule is C[C@@H]1CCN(C(=O)CSc2nnnn2-c2ccc(O)cc2)c2ccccc2S1. The number of anilines is 1. The fourth-order valence-corrected chi connectivity index (χ4v) is 4.85. The molecule has 3 aromatic rings. The first kappa shape index (κ1) is 18.8. The van der Waals surface area contributed by atoms with E-state index in [1.165, 1.54) is 11.8 Å². The first-order chi connectivity index (χ1) is 13.6. The zero-order chi connectivity index (χ0) is 19.5. The maximum Gasteiger partial charge on any atom is 0.237 e. The Kier molecular flexibility index (Phi) is 5.54. The third-order valence-corrected chi connectivity index (χ3v) is 6.55. The van der Waals surface area contributed by atoms with E-state index in [0.717, 1.165) is 22.7 Å². The summed E-state index contributed by atoms with van der Waals surface area (Å²) < 4.78 is 1.56. The minimum Gasteiger partial charge on any atom is -0.508 e. The molecule has 0 fully saturated rings. The third-order valence-electron chi connectivity index (χ3n) is 4.40. The minimum atomic E-state index is 0.0346. The van der Waals surface area contributed by atoms with Gasteiger partial charge < -0.3 is 10.0 Å². The molecule has 0 saturated heterocycles. The second kappa shape index (κ2) is 8.24. The standard InChI is InChI=1S/C19H19N5O2S2/c1-13-10-11-23(16-4-2-3-5-17(16)28-13)18(26)12-27-19-20-21-22-24(19)14-6-8-15(25)9-7-14/h2-9,13,25H,10-12H2,1H3/t13-/m1/s1. The van der Waals surface area contributed by atoms with Crippen molar-refractivity contribution in [3.63, 3.8) is 0 Å². The van der Waals surface area contributed by atoms with E-state index in [0.29, 0.717) is 17.0 Å². The number of phenols is 1. The zero-order valence-electron chi connectivity index (χ0n) is 15.2. The Morgan fingerprint density at radius 3 is 2.86 bits per heavy atom. The smallest absolute Gasteiger partial charge is 0.237 e. The second-order valence-electron chi connectivity index (χ2n) is 6.41. The molecule has 0 bridgehead atoms. The number of para-hydroxylation sites is 1. The minimum absolute atomic E-state index is 0.0346. The number of hydrogen-bond acceptors (Lipinski definition) is 7. The maximum absolute atomic E-state index is 13.0. The van der Waals surface area contributed by atoms with Gasteiger partial charge in [-0.25, -0.2) is 0 Å². The van der Waals surface area contributed by atoms with Crippen molar-refractivity contribution in [2.75, 3.05) is 17.2 Å². The fraction of sp³-hybridized carbons (Fsp3) is 0.263. The van der Waals surface area contributed by atoms with Crippen molar-refractivity contribution in [2.24, 2.45) is 0 Å². The van der Waals surface area contributed by atoms with Crippen LogP contribution in [0.15, 0.2) is 58.6 Å². The molecule has 1 aromatic heterocycles. The normalized spacial score (nSPS) is 16.5. The third kappa shape index (κ3) is 4.00. The quantitative estimate of drug-likeness (QED) is 0.657. The van der Waals surface area contributed by atoms with Crippen LogP contribution in [0.5, 0.6) is 5.75 Å². The molecule has 144 valence electrons. The van der Waals surface area contributed by atoms with Crippen molar-refractivity contribution in [3.05, 3.63) is 48.5 Å². The topological polar surface area (TPSA) is 84.1 Å². The Balaban J connectivity index is 1.50. The molecule has 2 heterocycles. The number of hydrogen-bond donors (Lipinski definition) is 1. The Labute approximate surface area is 171 Å². The van der Waals surface area contributed by atoms with Crippen LogP contribution in [-0.4, -0.2) is 48.8 Å². The van der Waals surface area contributed by atoms with Crippen LogP contribution in [0.3, 0.4) is 0 Å². The highest BCUT2D eigenvalue weighted by Gasteiger charge is 2.24. The number of aromatic nitrogens is 4. The average molecular weight is 414 g/mol. The van der Waals surface area contributed by atoms with Gasteiger partial charge in [0.15, 0.2) is 0 Å². The highest BCUT2D eigenvalue weighted by Crippen LogP contribution is 2.37. The summed E-state index contributed by atoms with van der Waals surface area (Å²) in [6.07, 6.45) is 0.945. The molecule has 1 aliphatic rings. The summed E-state index contributed by atoms with van der Waals surface area (Å²) in [4.78, 5) is 16.0. The average Bonchev–Trinajstić information content (AvgIpc) is 3.09. The predicted octanol–water partition coefficient (Wildman–Crippen LogP) is 3.38. The Bertz CT molecular complexity index is 976. The van der Waals surface area contributed by atoms with Gasteiger partial charge in [-0.3, -0.25) is 4.79 Å². The number of fused-ring (bicyclic) bond motifs is 1. The Hall–Kier alpha value is -2.52. The van der Waals surface area contributed by atoms with Crippen LogP contribution in [0.1, 0.15) is 13.3 Å². The second-order valence-corrected chi connectivity index (χ2v) is 8.83. The van der Waals surface area contributed by atoms with Crippen LogP contribution in [0.4, 0.5) is 5.69 Å². The summed E-state index contributed by atoms with van der Waals surface area (Å²) in [5, 5.41) is 22.2. The van der Waals surface area contributed by atoms with E-state index < -0.39 is 0 Å². The number of thioether (sulfide) groups is 2. The van der Waals surface area contributed by atoms with Crippen LogP contribution in [0, 0.1) is 0 Å². The highest BCUT2D eigenvalue weighted by molar-refractivity contribution is 8.00. The van der Waals surface area contributed by atoms with Crippen molar-refractivity contribution < 1.29 is 9.90 Å². The van der Waals surface area contributed by atoms with E-state index in [1.807, 2.05) is 34.9 Å². The van der Waals surface area contributed by atoms with Gasteiger partial charge in [0, 0.05) is 16.7 Å². The molecule has 2 aromatic carbocycles. The first-order valence-corrected chi connectivity index (χ1v) is 10.7. The molecular formula is C19H19N5O2S2.